The number of nitrogens with zero attached hydrogens (tertiary/aromatic N) is 2. The van der Waals surface area contributed by atoms with Crippen LogP contribution in [0.5, 0.6) is 0 Å². The van der Waals surface area contributed by atoms with Crippen LogP contribution in [0.15, 0.2) is 30.3 Å². The molecule has 1 heterocycles. The molecule has 1 N–H and O–H groups in total. The molecule has 1 fully saturated rings. The van der Waals surface area contributed by atoms with E-state index in [1.165, 1.54) is 6.42 Å². The van der Waals surface area contributed by atoms with Gasteiger partial charge in [0.25, 0.3) is 0 Å². The van der Waals surface area contributed by atoms with Crippen LogP contribution in [0.2, 0.25) is 0 Å². The number of hydrogen-bond acceptors (Lipinski definition) is 3. The summed E-state index contributed by atoms with van der Waals surface area (Å²) in [6.45, 7) is 4.34. The minimum atomic E-state index is 0.537. The van der Waals surface area contributed by atoms with Crippen molar-refractivity contribution in [2.75, 3.05) is 12.4 Å². The molecule has 1 aromatic carbocycles. The van der Waals surface area contributed by atoms with Gasteiger partial charge < -0.3 is 5.32 Å². The number of benzene rings is 1. The lowest BCUT2D eigenvalue weighted by molar-refractivity contribution is 0.842. The molecule has 0 saturated heterocycles. The van der Waals surface area contributed by atoms with E-state index in [9.17, 15) is 0 Å². The molecule has 0 bridgehead atoms. The second-order valence-electron chi connectivity index (χ2n) is 5.34. The number of aromatic nitrogens is 2. The van der Waals surface area contributed by atoms with Gasteiger partial charge in [-0.05, 0) is 19.3 Å². The van der Waals surface area contributed by atoms with Crippen LogP contribution in [0, 0.1) is 12.8 Å². The first-order chi connectivity index (χ1) is 9.20. The Bertz CT molecular complexity index is 592. The Morgan fingerprint density at radius 3 is 2.42 bits per heavy atom. The monoisotopic (exact) mass is 253 g/mol. The van der Waals surface area contributed by atoms with Crippen LogP contribution in [0.25, 0.3) is 11.3 Å². The fourth-order valence-electron chi connectivity index (χ4n) is 2.50. The Balaban J connectivity index is 2.12. The molecule has 2 atom stereocenters. The minimum Gasteiger partial charge on any atom is -0.373 e. The highest BCUT2D eigenvalue weighted by molar-refractivity contribution is 5.68. The molecule has 2 unspecified atom stereocenters. The quantitative estimate of drug-likeness (QED) is 0.908. The Morgan fingerprint density at radius 2 is 1.84 bits per heavy atom. The molecule has 19 heavy (non-hydrogen) atoms. The third-order valence-electron chi connectivity index (χ3n) is 3.89. The highest BCUT2D eigenvalue weighted by Gasteiger charge is 2.37. The summed E-state index contributed by atoms with van der Waals surface area (Å²) < 4.78 is 0. The van der Waals surface area contributed by atoms with Crippen molar-refractivity contribution in [1.29, 1.82) is 0 Å². The van der Waals surface area contributed by atoms with Crippen LogP contribution in [0.4, 0.5) is 5.82 Å². The van der Waals surface area contributed by atoms with Crippen molar-refractivity contribution in [2.45, 2.75) is 26.2 Å². The zero-order chi connectivity index (χ0) is 13.4. The molecule has 1 aliphatic rings. The molecule has 3 nitrogen and oxygen atoms in total. The maximum atomic E-state index is 4.81. The molecule has 1 saturated carbocycles. The largest absolute Gasteiger partial charge is 0.373 e. The van der Waals surface area contributed by atoms with E-state index in [0.29, 0.717) is 5.92 Å². The molecule has 1 aromatic heterocycles. The van der Waals surface area contributed by atoms with Crippen LogP contribution >= 0.6 is 0 Å². The molecule has 3 rings (SSSR count). The van der Waals surface area contributed by atoms with E-state index in [4.69, 9.17) is 4.98 Å². The molecule has 0 radical (unpaired) electrons. The van der Waals surface area contributed by atoms with Crippen molar-refractivity contribution in [3.05, 3.63) is 41.7 Å². The van der Waals surface area contributed by atoms with Gasteiger partial charge in [0.2, 0.25) is 0 Å². The smallest absolute Gasteiger partial charge is 0.134 e. The number of rotatable bonds is 3. The summed E-state index contributed by atoms with van der Waals surface area (Å²) in [7, 11) is 1.92. The lowest BCUT2D eigenvalue weighted by Crippen LogP contribution is -2.05. The molecule has 3 heteroatoms. The summed E-state index contributed by atoms with van der Waals surface area (Å²) in [4.78, 5) is 9.48. The second kappa shape index (κ2) is 4.65. The Labute approximate surface area is 114 Å². The SMILES string of the molecule is CNc1nc(C2CC2C)nc(-c2ccccc2)c1C. The first-order valence-corrected chi connectivity index (χ1v) is 6.82. The van der Waals surface area contributed by atoms with E-state index in [1.807, 2.05) is 13.1 Å². The zero-order valence-electron chi connectivity index (χ0n) is 11.6. The lowest BCUT2D eigenvalue weighted by atomic mass is 10.1. The van der Waals surface area contributed by atoms with Crippen LogP contribution in [-0.4, -0.2) is 17.0 Å². The summed E-state index contributed by atoms with van der Waals surface area (Å²) in [5.41, 5.74) is 3.33. The number of hydrogen-bond donors (Lipinski definition) is 1. The van der Waals surface area contributed by atoms with Gasteiger partial charge in [-0.25, -0.2) is 9.97 Å². The van der Waals surface area contributed by atoms with Gasteiger partial charge in [0, 0.05) is 24.1 Å². The predicted octanol–water partition coefficient (Wildman–Crippen LogP) is 3.62. The Morgan fingerprint density at radius 1 is 1.16 bits per heavy atom. The summed E-state index contributed by atoms with van der Waals surface area (Å²) >= 11 is 0. The molecular weight excluding hydrogens is 234 g/mol. The zero-order valence-corrected chi connectivity index (χ0v) is 11.6. The maximum absolute atomic E-state index is 4.81. The number of anilines is 1. The molecule has 2 aromatic rings. The van der Waals surface area contributed by atoms with Crippen LogP contribution in [0.3, 0.4) is 0 Å². The molecular formula is C16H19N3. The topological polar surface area (TPSA) is 37.8 Å². The molecule has 98 valence electrons. The standard InChI is InChI=1S/C16H19N3/c1-10-9-13(10)16-18-14(11(2)15(17-3)19-16)12-7-5-4-6-8-12/h4-8,10,13H,9H2,1-3H3,(H,17,18,19). The highest BCUT2D eigenvalue weighted by Crippen LogP contribution is 2.46. The maximum Gasteiger partial charge on any atom is 0.134 e. The van der Waals surface area contributed by atoms with Crippen LogP contribution < -0.4 is 5.32 Å². The van der Waals surface area contributed by atoms with Gasteiger partial charge in [0.1, 0.15) is 11.6 Å². The second-order valence-corrected chi connectivity index (χ2v) is 5.34. The number of nitrogens with one attached hydrogen (secondary N) is 1. The van der Waals surface area contributed by atoms with Crippen LogP contribution in [-0.2, 0) is 0 Å². The lowest BCUT2D eigenvalue weighted by Gasteiger charge is -2.12. The van der Waals surface area contributed by atoms with E-state index in [1.54, 1.807) is 0 Å². The van der Waals surface area contributed by atoms with Crippen molar-refractivity contribution in [3.63, 3.8) is 0 Å². The predicted molar refractivity (Wildman–Crippen MR) is 78.3 cm³/mol. The molecule has 0 aliphatic heterocycles. The van der Waals surface area contributed by atoms with Gasteiger partial charge in [-0.1, -0.05) is 37.3 Å². The van der Waals surface area contributed by atoms with E-state index in [2.05, 4.69) is 48.4 Å². The van der Waals surface area contributed by atoms with E-state index >= 15 is 0 Å². The average molecular weight is 253 g/mol. The summed E-state index contributed by atoms with van der Waals surface area (Å²) in [5, 5.41) is 3.19. The van der Waals surface area contributed by atoms with E-state index in [0.717, 1.165) is 34.4 Å². The van der Waals surface area contributed by atoms with Crippen LogP contribution in [0.1, 0.15) is 30.7 Å². The third kappa shape index (κ3) is 2.21. The molecule has 0 amide bonds. The summed E-state index contributed by atoms with van der Waals surface area (Å²) in [6.07, 6.45) is 1.21. The van der Waals surface area contributed by atoms with Gasteiger partial charge in [0.15, 0.2) is 0 Å². The highest BCUT2D eigenvalue weighted by atomic mass is 15.0. The Kier molecular flexibility index (Phi) is 2.97. The van der Waals surface area contributed by atoms with Gasteiger partial charge >= 0.3 is 0 Å². The fraction of sp³-hybridized carbons (Fsp3) is 0.375. The molecule has 0 spiro atoms. The fourth-order valence-corrected chi connectivity index (χ4v) is 2.50. The minimum absolute atomic E-state index is 0.537. The van der Waals surface area contributed by atoms with Crippen molar-refractivity contribution < 1.29 is 0 Å². The van der Waals surface area contributed by atoms with Gasteiger partial charge in [-0.2, -0.15) is 0 Å². The van der Waals surface area contributed by atoms with E-state index < -0.39 is 0 Å². The first kappa shape index (κ1) is 12.2. The van der Waals surface area contributed by atoms with Gasteiger partial charge in [-0.3, -0.25) is 0 Å². The van der Waals surface area contributed by atoms with Crippen molar-refractivity contribution >= 4 is 5.82 Å². The van der Waals surface area contributed by atoms with Crippen molar-refractivity contribution in [2.24, 2.45) is 5.92 Å². The molecule has 1 aliphatic carbocycles. The summed E-state index contributed by atoms with van der Waals surface area (Å²) in [5.74, 6) is 3.19. The third-order valence-corrected chi connectivity index (χ3v) is 3.89. The van der Waals surface area contributed by atoms with Crippen molar-refractivity contribution in [1.82, 2.24) is 9.97 Å². The summed E-state index contributed by atoms with van der Waals surface area (Å²) in [6, 6.07) is 10.3. The normalized spacial score (nSPS) is 21.2. The Hall–Kier alpha value is -1.90. The van der Waals surface area contributed by atoms with Crippen molar-refractivity contribution in [3.8, 4) is 11.3 Å². The average Bonchev–Trinajstić information content (AvgIpc) is 3.17. The van der Waals surface area contributed by atoms with Gasteiger partial charge in [-0.15, -0.1) is 0 Å². The van der Waals surface area contributed by atoms with E-state index in [-0.39, 0.29) is 0 Å². The first-order valence-electron chi connectivity index (χ1n) is 6.82. The van der Waals surface area contributed by atoms with Gasteiger partial charge in [0.05, 0.1) is 5.69 Å².